The van der Waals surface area contributed by atoms with Crippen molar-refractivity contribution in [2.45, 2.75) is 32.4 Å². The molecule has 0 bridgehead atoms. The van der Waals surface area contributed by atoms with Gasteiger partial charge in [0.15, 0.2) is 0 Å². The number of nitrogens with two attached hydrogens (primary N) is 1. The summed E-state index contributed by atoms with van der Waals surface area (Å²) in [5, 5.41) is 0.755. The summed E-state index contributed by atoms with van der Waals surface area (Å²) in [6.45, 7) is 4.86. The van der Waals surface area contributed by atoms with Crippen molar-refractivity contribution in [3.63, 3.8) is 0 Å². The fraction of sp³-hybridized carbons (Fsp3) is 0.600. The topological polar surface area (TPSA) is 38.5 Å². The maximum absolute atomic E-state index is 6.27. The van der Waals surface area contributed by atoms with E-state index in [1.165, 1.54) is 12.8 Å². The van der Waals surface area contributed by atoms with Gasteiger partial charge >= 0.3 is 0 Å². The second kappa shape index (κ2) is 6.60. The van der Waals surface area contributed by atoms with E-state index < -0.39 is 0 Å². The van der Waals surface area contributed by atoms with E-state index in [-0.39, 0.29) is 0 Å². The molecular formula is C15H23ClN2O. The summed E-state index contributed by atoms with van der Waals surface area (Å²) in [7, 11) is 1.75. The van der Waals surface area contributed by atoms with Crippen LogP contribution in [0, 0.1) is 5.92 Å². The minimum absolute atomic E-state index is 0.587. The van der Waals surface area contributed by atoms with Crippen molar-refractivity contribution in [1.82, 2.24) is 4.90 Å². The number of anilines is 1. The normalized spacial score (nSPS) is 16.8. The lowest BCUT2D eigenvalue weighted by Crippen LogP contribution is -2.36. The van der Waals surface area contributed by atoms with Crippen LogP contribution in [-0.4, -0.2) is 31.2 Å². The number of hydrogen-bond donors (Lipinski definition) is 1. The summed E-state index contributed by atoms with van der Waals surface area (Å²) < 4.78 is 5.22. The van der Waals surface area contributed by atoms with Gasteiger partial charge in [-0.15, -0.1) is 0 Å². The zero-order chi connectivity index (χ0) is 13.8. The van der Waals surface area contributed by atoms with Crippen molar-refractivity contribution in [1.29, 1.82) is 0 Å². The van der Waals surface area contributed by atoms with Gasteiger partial charge in [0.1, 0.15) is 0 Å². The molecular weight excluding hydrogens is 260 g/mol. The lowest BCUT2D eigenvalue weighted by atomic mass is 10.1. The molecule has 19 heavy (non-hydrogen) atoms. The number of ether oxygens (including phenoxy) is 1. The molecule has 1 aromatic carbocycles. The van der Waals surface area contributed by atoms with Crippen LogP contribution in [0.1, 0.15) is 25.3 Å². The van der Waals surface area contributed by atoms with Crippen molar-refractivity contribution in [2.75, 3.05) is 26.0 Å². The fourth-order valence-electron chi connectivity index (χ4n) is 2.42. The van der Waals surface area contributed by atoms with Crippen molar-refractivity contribution >= 4 is 17.3 Å². The first-order chi connectivity index (χ1) is 9.11. The molecule has 0 amide bonds. The van der Waals surface area contributed by atoms with Gasteiger partial charge in [0.25, 0.3) is 0 Å². The number of methoxy groups -OCH3 is 1. The first kappa shape index (κ1) is 14.6. The number of rotatable bonds is 7. The minimum Gasteiger partial charge on any atom is -0.399 e. The van der Waals surface area contributed by atoms with Gasteiger partial charge in [-0.2, -0.15) is 0 Å². The van der Waals surface area contributed by atoms with Crippen molar-refractivity contribution in [3.8, 4) is 0 Å². The average molecular weight is 283 g/mol. The average Bonchev–Trinajstić information content (AvgIpc) is 3.20. The molecule has 0 heterocycles. The Bertz CT molecular complexity index is 421. The van der Waals surface area contributed by atoms with E-state index in [1.54, 1.807) is 7.11 Å². The van der Waals surface area contributed by atoms with Gasteiger partial charge in [-0.1, -0.05) is 17.7 Å². The molecule has 3 nitrogen and oxygen atoms in total. The number of nitrogens with zero attached hydrogens (tertiary/aromatic N) is 1. The SMILES string of the molecule is COCCN(Cc1ccc(N)cc1Cl)C(C)C1CC1. The van der Waals surface area contributed by atoms with Crippen LogP contribution in [0.5, 0.6) is 0 Å². The smallest absolute Gasteiger partial charge is 0.0589 e. The second-order valence-corrected chi connectivity index (χ2v) is 5.80. The third kappa shape index (κ3) is 4.10. The zero-order valence-corrected chi connectivity index (χ0v) is 12.5. The number of hydrogen-bond acceptors (Lipinski definition) is 3. The Morgan fingerprint density at radius 2 is 2.21 bits per heavy atom. The first-order valence-corrected chi connectivity index (χ1v) is 7.26. The fourth-order valence-corrected chi connectivity index (χ4v) is 2.67. The Morgan fingerprint density at radius 1 is 1.47 bits per heavy atom. The zero-order valence-electron chi connectivity index (χ0n) is 11.7. The molecule has 0 saturated heterocycles. The molecule has 0 aliphatic heterocycles. The van der Waals surface area contributed by atoms with Crippen LogP contribution in [0.25, 0.3) is 0 Å². The first-order valence-electron chi connectivity index (χ1n) is 6.88. The molecule has 0 aromatic heterocycles. The Morgan fingerprint density at radius 3 is 2.79 bits per heavy atom. The summed E-state index contributed by atoms with van der Waals surface area (Å²) in [5.74, 6) is 0.837. The molecule has 2 N–H and O–H groups in total. The van der Waals surface area contributed by atoms with Gasteiger partial charge < -0.3 is 10.5 Å². The molecule has 0 spiro atoms. The van der Waals surface area contributed by atoms with E-state index >= 15 is 0 Å². The number of benzene rings is 1. The van der Waals surface area contributed by atoms with Crippen LogP contribution in [0.3, 0.4) is 0 Å². The highest BCUT2D eigenvalue weighted by Crippen LogP contribution is 2.36. The molecule has 1 aliphatic carbocycles. The van der Waals surface area contributed by atoms with E-state index in [0.717, 1.165) is 36.2 Å². The van der Waals surface area contributed by atoms with Gasteiger partial charge in [-0.25, -0.2) is 0 Å². The van der Waals surface area contributed by atoms with Crippen LogP contribution in [-0.2, 0) is 11.3 Å². The van der Waals surface area contributed by atoms with Crippen molar-refractivity contribution in [3.05, 3.63) is 28.8 Å². The molecule has 1 fully saturated rings. The molecule has 106 valence electrons. The Hall–Kier alpha value is -0.770. The van der Waals surface area contributed by atoms with E-state index in [2.05, 4.69) is 11.8 Å². The predicted octanol–water partition coefficient (Wildman–Crippen LogP) is 3.17. The molecule has 4 heteroatoms. The lowest BCUT2D eigenvalue weighted by Gasteiger charge is -2.29. The number of halogens is 1. The highest BCUT2D eigenvalue weighted by Gasteiger charge is 2.31. The van der Waals surface area contributed by atoms with Crippen LogP contribution in [0.2, 0.25) is 5.02 Å². The van der Waals surface area contributed by atoms with Crippen molar-refractivity contribution < 1.29 is 4.74 Å². The monoisotopic (exact) mass is 282 g/mol. The predicted molar refractivity (Wildman–Crippen MR) is 80.3 cm³/mol. The second-order valence-electron chi connectivity index (χ2n) is 5.39. The maximum atomic E-state index is 6.27. The largest absolute Gasteiger partial charge is 0.399 e. The summed E-state index contributed by atoms with van der Waals surface area (Å²) in [4.78, 5) is 2.46. The van der Waals surface area contributed by atoms with E-state index in [9.17, 15) is 0 Å². The Balaban J connectivity index is 2.05. The minimum atomic E-state index is 0.587. The summed E-state index contributed by atoms with van der Waals surface area (Å²) in [5.41, 5.74) is 7.59. The summed E-state index contributed by atoms with van der Waals surface area (Å²) >= 11 is 6.27. The maximum Gasteiger partial charge on any atom is 0.0589 e. The van der Waals surface area contributed by atoms with Gasteiger partial charge in [-0.3, -0.25) is 4.90 Å². The molecule has 0 radical (unpaired) electrons. The van der Waals surface area contributed by atoms with Crippen LogP contribution in [0.15, 0.2) is 18.2 Å². The Kier molecular flexibility index (Phi) is 5.08. The van der Waals surface area contributed by atoms with Gasteiger partial charge in [0.2, 0.25) is 0 Å². The van der Waals surface area contributed by atoms with Gasteiger partial charge in [0.05, 0.1) is 6.61 Å². The number of nitrogen functional groups attached to an aromatic ring is 1. The molecule has 1 saturated carbocycles. The molecule has 1 atom stereocenters. The third-order valence-corrected chi connectivity index (χ3v) is 4.27. The summed E-state index contributed by atoms with van der Waals surface area (Å²) in [6.07, 6.45) is 2.69. The molecule has 1 unspecified atom stereocenters. The highest BCUT2D eigenvalue weighted by atomic mass is 35.5. The Labute approximate surface area is 120 Å². The standard InChI is InChI=1S/C15H23ClN2O/c1-11(12-3-4-12)18(7-8-19-2)10-13-5-6-14(17)9-15(13)16/h5-6,9,11-12H,3-4,7-8,10,17H2,1-2H3. The lowest BCUT2D eigenvalue weighted by molar-refractivity contribution is 0.111. The van der Waals surface area contributed by atoms with E-state index in [0.29, 0.717) is 11.7 Å². The van der Waals surface area contributed by atoms with E-state index in [1.807, 2.05) is 18.2 Å². The van der Waals surface area contributed by atoms with Gasteiger partial charge in [0, 0.05) is 37.0 Å². The van der Waals surface area contributed by atoms with Gasteiger partial charge in [-0.05, 0) is 43.4 Å². The highest BCUT2D eigenvalue weighted by molar-refractivity contribution is 6.31. The quantitative estimate of drug-likeness (QED) is 0.781. The van der Waals surface area contributed by atoms with Crippen molar-refractivity contribution in [2.24, 2.45) is 5.92 Å². The molecule has 1 aromatic rings. The third-order valence-electron chi connectivity index (χ3n) is 3.91. The van der Waals surface area contributed by atoms with Crippen LogP contribution < -0.4 is 5.73 Å². The van der Waals surface area contributed by atoms with Crippen LogP contribution in [0.4, 0.5) is 5.69 Å². The molecule has 2 rings (SSSR count). The molecule has 1 aliphatic rings. The van der Waals surface area contributed by atoms with E-state index in [4.69, 9.17) is 22.1 Å². The summed E-state index contributed by atoms with van der Waals surface area (Å²) in [6, 6.07) is 6.35. The van der Waals surface area contributed by atoms with Crippen LogP contribution >= 0.6 is 11.6 Å².